The molecule has 0 radical (unpaired) electrons. The second-order valence-corrected chi connectivity index (χ2v) is 4.54. The van der Waals surface area contributed by atoms with Gasteiger partial charge in [0.1, 0.15) is 0 Å². The van der Waals surface area contributed by atoms with E-state index < -0.39 is 0 Å². The van der Waals surface area contributed by atoms with E-state index in [1.54, 1.807) is 13.3 Å². The van der Waals surface area contributed by atoms with E-state index in [1.807, 2.05) is 30.3 Å². The van der Waals surface area contributed by atoms with Gasteiger partial charge in [0.15, 0.2) is 0 Å². The van der Waals surface area contributed by atoms with E-state index in [-0.39, 0.29) is 5.91 Å². The summed E-state index contributed by atoms with van der Waals surface area (Å²) in [7, 11) is 1.64. The minimum Gasteiger partial charge on any atom is -0.385 e. The lowest BCUT2D eigenvalue weighted by Crippen LogP contribution is -2.22. The number of H-pyrrole nitrogens is 1. The fraction of sp³-hybridized carbons (Fsp3) is 0.333. The standard InChI is InChI=1S/C15H19N3O2/c1-20-10-2-3-15(19)16-11-12-4-6-13(7-5-12)14-8-9-17-18-14/h4-9H,2-3,10-11H2,1H3,(H,16,19)(H,17,18). The van der Waals surface area contributed by atoms with Crippen LogP contribution in [0.1, 0.15) is 18.4 Å². The Bertz CT molecular complexity index is 521. The number of carbonyl (C=O) groups excluding carboxylic acids is 1. The summed E-state index contributed by atoms with van der Waals surface area (Å²) in [6, 6.07) is 9.96. The van der Waals surface area contributed by atoms with Crippen LogP contribution in [0.5, 0.6) is 0 Å². The van der Waals surface area contributed by atoms with Crippen LogP contribution in [0.25, 0.3) is 11.3 Å². The first kappa shape index (κ1) is 14.3. The summed E-state index contributed by atoms with van der Waals surface area (Å²) >= 11 is 0. The predicted molar refractivity (Wildman–Crippen MR) is 77.0 cm³/mol. The largest absolute Gasteiger partial charge is 0.385 e. The van der Waals surface area contributed by atoms with Crippen LogP contribution in [0, 0.1) is 0 Å². The molecular weight excluding hydrogens is 254 g/mol. The highest BCUT2D eigenvalue weighted by Gasteiger charge is 2.02. The molecule has 2 rings (SSSR count). The molecule has 0 bridgehead atoms. The van der Waals surface area contributed by atoms with Crippen LogP contribution in [0.4, 0.5) is 0 Å². The van der Waals surface area contributed by atoms with Gasteiger partial charge in [0, 0.05) is 32.9 Å². The average Bonchev–Trinajstić information content (AvgIpc) is 3.00. The quantitative estimate of drug-likeness (QED) is 0.759. The first-order valence-electron chi connectivity index (χ1n) is 6.64. The molecule has 1 aromatic heterocycles. The maximum Gasteiger partial charge on any atom is 0.220 e. The second kappa shape index (κ2) is 7.45. The third kappa shape index (κ3) is 4.20. The number of nitrogens with one attached hydrogen (secondary N) is 2. The Morgan fingerprint density at radius 1 is 1.30 bits per heavy atom. The number of nitrogens with zero attached hydrogens (tertiary/aromatic N) is 1. The van der Waals surface area contributed by atoms with Crippen molar-refractivity contribution in [2.75, 3.05) is 13.7 Å². The lowest BCUT2D eigenvalue weighted by Gasteiger charge is -2.06. The molecule has 1 heterocycles. The van der Waals surface area contributed by atoms with Gasteiger partial charge >= 0.3 is 0 Å². The van der Waals surface area contributed by atoms with Gasteiger partial charge in [-0.2, -0.15) is 5.10 Å². The van der Waals surface area contributed by atoms with Crippen molar-refractivity contribution in [2.45, 2.75) is 19.4 Å². The van der Waals surface area contributed by atoms with Gasteiger partial charge in [-0.15, -0.1) is 0 Å². The van der Waals surface area contributed by atoms with Crippen LogP contribution in [-0.4, -0.2) is 29.8 Å². The topological polar surface area (TPSA) is 67.0 Å². The smallest absolute Gasteiger partial charge is 0.220 e. The maximum atomic E-state index is 11.6. The summed E-state index contributed by atoms with van der Waals surface area (Å²) in [5, 5.41) is 9.74. The zero-order chi connectivity index (χ0) is 14.2. The zero-order valence-electron chi connectivity index (χ0n) is 11.6. The first-order valence-corrected chi connectivity index (χ1v) is 6.64. The van der Waals surface area contributed by atoms with Gasteiger partial charge in [-0.1, -0.05) is 24.3 Å². The summed E-state index contributed by atoms with van der Waals surface area (Å²) in [6.45, 7) is 1.17. The van der Waals surface area contributed by atoms with E-state index in [0.29, 0.717) is 19.6 Å². The second-order valence-electron chi connectivity index (χ2n) is 4.54. The molecule has 1 amide bonds. The van der Waals surface area contributed by atoms with E-state index in [1.165, 1.54) is 0 Å². The lowest BCUT2D eigenvalue weighted by molar-refractivity contribution is -0.121. The average molecular weight is 273 g/mol. The molecule has 0 saturated heterocycles. The fourth-order valence-corrected chi connectivity index (χ4v) is 1.88. The molecule has 0 aliphatic heterocycles. The van der Waals surface area contributed by atoms with Crippen LogP contribution in [0.15, 0.2) is 36.5 Å². The molecule has 0 saturated carbocycles. The molecule has 106 valence electrons. The molecule has 0 aliphatic rings. The molecule has 5 nitrogen and oxygen atoms in total. The number of amides is 1. The highest BCUT2D eigenvalue weighted by molar-refractivity contribution is 5.75. The van der Waals surface area contributed by atoms with Gasteiger partial charge in [-0.05, 0) is 23.6 Å². The molecule has 2 aromatic rings. The molecule has 0 spiro atoms. The van der Waals surface area contributed by atoms with E-state index in [4.69, 9.17) is 4.74 Å². The molecule has 0 atom stereocenters. The number of ether oxygens (including phenoxy) is 1. The van der Waals surface area contributed by atoms with E-state index >= 15 is 0 Å². The van der Waals surface area contributed by atoms with Crippen LogP contribution in [-0.2, 0) is 16.1 Å². The van der Waals surface area contributed by atoms with E-state index in [0.717, 1.165) is 23.2 Å². The van der Waals surface area contributed by atoms with Gasteiger partial charge in [-0.3, -0.25) is 9.89 Å². The Balaban J connectivity index is 1.81. The lowest BCUT2D eigenvalue weighted by atomic mass is 10.1. The number of rotatable bonds is 7. The van der Waals surface area contributed by atoms with Crippen molar-refractivity contribution in [3.05, 3.63) is 42.1 Å². The summed E-state index contributed by atoms with van der Waals surface area (Å²) in [5.74, 6) is 0.0553. The SMILES string of the molecule is COCCCC(=O)NCc1ccc(-c2ccn[nH]2)cc1. The Morgan fingerprint density at radius 3 is 2.75 bits per heavy atom. The van der Waals surface area contributed by atoms with Gasteiger partial charge in [0.25, 0.3) is 0 Å². The van der Waals surface area contributed by atoms with Crippen molar-refractivity contribution in [2.24, 2.45) is 0 Å². The van der Waals surface area contributed by atoms with Gasteiger partial charge in [0.2, 0.25) is 5.91 Å². The number of hydrogen-bond donors (Lipinski definition) is 2. The van der Waals surface area contributed by atoms with E-state index in [2.05, 4.69) is 15.5 Å². The van der Waals surface area contributed by atoms with Crippen molar-refractivity contribution >= 4 is 5.91 Å². The summed E-state index contributed by atoms with van der Waals surface area (Å²) in [6.07, 6.45) is 2.98. The number of carbonyl (C=O) groups is 1. The van der Waals surface area contributed by atoms with Crippen molar-refractivity contribution < 1.29 is 9.53 Å². The number of aromatic amines is 1. The normalized spacial score (nSPS) is 10.4. The van der Waals surface area contributed by atoms with Gasteiger partial charge in [0.05, 0.1) is 5.69 Å². The summed E-state index contributed by atoms with van der Waals surface area (Å²) in [5.41, 5.74) is 3.14. The number of hydrogen-bond acceptors (Lipinski definition) is 3. The summed E-state index contributed by atoms with van der Waals surface area (Å²) in [4.78, 5) is 11.6. The number of aromatic nitrogens is 2. The van der Waals surface area contributed by atoms with Crippen molar-refractivity contribution in [3.63, 3.8) is 0 Å². The third-order valence-corrected chi connectivity index (χ3v) is 3.01. The Labute approximate surface area is 118 Å². The van der Waals surface area contributed by atoms with E-state index in [9.17, 15) is 4.79 Å². The molecule has 0 fully saturated rings. The van der Waals surface area contributed by atoms with Gasteiger partial charge in [-0.25, -0.2) is 0 Å². The molecule has 2 N–H and O–H groups in total. The molecule has 1 aromatic carbocycles. The molecular formula is C15H19N3O2. The maximum absolute atomic E-state index is 11.6. The number of benzene rings is 1. The third-order valence-electron chi connectivity index (χ3n) is 3.01. The van der Waals surface area contributed by atoms with Crippen LogP contribution in [0.3, 0.4) is 0 Å². The Hall–Kier alpha value is -2.14. The van der Waals surface area contributed by atoms with Crippen molar-refractivity contribution in [1.29, 1.82) is 0 Å². The summed E-state index contributed by atoms with van der Waals surface area (Å²) < 4.78 is 4.92. The molecule has 20 heavy (non-hydrogen) atoms. The minimum absolute atomic E-state index is 0.0553. The zero-order valence-corrected chi connectivity index (χ0v) is 11.6. The van der Waals surface area contributed by atoms with Crippen LogP contribution in [0.2, 0.25) is 0 Å². The van der Waals surface area contributed by atoms with Crippen LogP contribution >= 0.6 is 0 Å². The predicted octanol–water partition coefficient (Wildman–Crippen LogP) is 2.12. The highest BCUT2D eigenvalue weighted by atomic mass is 16.5. The first-order chi connectivity index (χ1) is 9.79. The van der Waals surface area contributed by atoms with Crippen molar-refractivity contribution in [3.8, 4) is 11.3 Å². The van der Waals surface area contributed by atoms with Crippen LogP contribution < -0.4 is 5.32 Å². The van der Waals surface area contributed by atoms with Gasteiger partial charge < -0.3 is 10.1 Å². The Kier molecular flexibility index (Phi) is 5.32. The molecule has 0 aliphatic carbocycles. The number of methoxy groups -OCH3 is 1. The highest BCUT2D eigenvalue weighted by Crippen LogP contribution is 2.16. The monoisotopic (exact) mass is 273 g/mol. The fourth-order valence-electron chi connectivity index (χ4n) is 1.88. The molecule has 5 heteroatoms. The van der Waals surface area contributed by atoms with Crippen molar-refractivity contribution in [1.82, 2.24) is 15.5 Å². The molecule has 0 unspecified atom stereocenters. The minimum atomic E-state index is 0.0553. The Morgan fingerprint density at radius 2 is 2.10 bits per heavy atom.